The summed E-state index contributed by atoms with van der Waals surface area (Å²) in [6.07, 6.45) is 9.07. The minimum atomic E-state index is 0.0282. The van der Waals surface area contributed by atoms with Gasteiger partial charge in [-0.3, -0.25) is 0 Å². The minimum Gasteiger partial charge on any atom is -0.364 e. The summed E-state index contributed by atoms with van der Waals surface area (Å²) in [6.45, 7) is 3.86. The molecular formula is C17H23N7. The molecule has 6 rings (SSSR count). The predicted octanol–water partition coefficient (Wildman–Crippen LogP) is 2.24. The van der Waals surface area contributed by atoms with Gasteiger partial charge in [-0.05, 0) is 75.5 Å². The highest BCUT2D eigenvalue weighted by molar-refractivity contribution is 5.39. The summed E-state index contributed by atoms with van der Waals surface area (Å²) < 4.78 is 0. The summed E-state index contributed by atoms with van der Waals surface area (Å²) in [5.41, 5.74) is 0.132. The molecule has 7 heteroatoms. The standard InChI is InChI=1S/C17H23N7/c1-11-18-4-3-15(19-11)20-16-6-13-5-14(7-16)9-17(8-13,10-16)24-22-12(2)21-23-24/h3-4,13-14H,5-10H2,1-2H3,(H,18,19,20). The Bertz CT molecular complexity index is 769. The number of nitrogens with one attached hydrogen (secondary N) is 1. The van der Waals surface area contributed by atoms with Crippen molar-refractivity contribution in [2.45, 2.75) is 63.5 Å². The molecule has 2 atom stereocenters. The van der Waals surface area contributed by atoms with E-state index in [1.807, 2.05) is 30.9 Å². The number of hydrogen-bond donors (Lipinski definition) is 1. The summed E-state index contributed by atoms with van der Waals surface area (Å²) in [5, 5.41) is 16.9. The van der Waals surface area contributed by atoms with Crippen molar-refractivity contribution in [2.24, 2.45) is 11.8 Å². The van der Waals surface area contributed by atoms with E-state index in [0.717, 1.165) is 35.7 Å². The fourth-order valence-electron chi connectivity index (χ4n) is 5.88. The normalized spacial score (nSPS) is 36.9. The van der Waals surface area contributed by atoms with E-state index in [2.05, 4.69) is 30.7 Å². The van der Waals surface area contributed by atoms with Crippen LogP contribution in [-0.4, -0.2) is 35.7 Å². The van der Waals surface area contributed by atoms with Crippen LogP contribution in [0.1, 0.15) is 50.2 Å². The van der Waals surface area contributed by atoms with E-state index in [0.29, 0.717) is 0 Å². The summed E-state index contributed by atoms with van der Waals surface area (Å²) >= 11 is 0. The monoisotopic (exact) mass is 325 g/mol. The van der Waals surface area contributed by atoms with Crippen LogP contribution in [0.4, 0.5) is 5.82 Å². The number of aryl methyl sites for hydroxylation is 2. The van der Waals surface area contributed by atoms with Crippen LogP contribution in [0.25, 0.3) is 0 Å². The van der Waals surface area contributed by atoms with Gasteiger partial charge in [-0.2, -0.15) is 4.80 Å². The summed E-state index contributed by atoms with van der Waals surface area (Å²) in [7, 11) is 0. The first-order valence-electron chi connectivity index (χ1n) is 8.89. The number of nitrogens with zero attached hydrogens (tertiary/aromatic N) is 6. The Hall–Kier alpha value is -2.05. The Morgan fingerprint density at radius 3 is 2.58 bits per heavy atom. The topological polar surface area (TPSA) is 81.4 Å². The largest absolute Gasteiger partial charge is 0.364 e. The third kappa shape index (κ3) is 2.13. The lowest BCUT2D eigenvalue weighted by molar-refractivity contribution is -0.0635. The molecule has 0 radical (unpaired) electrons. The average Bonchev–Trinajstić information content (AvgIpc) is 2.93. The highest BCUT2D eigenvalue weighted by atomic mass is 15.6. The van der Waals surface area contributed by atoms with E-state index in [9.17, 15) is 0 Å². The lowest BCUT2D eigenvalue weighted by Crippen LogP contribution is -2.63. The van der Waals surface area contributed by atoms with Gasteiger partial charge in [0, 0.05) is 11.7 Å². The lowest BCUT2D eigenvalue weighted by atomic mass is 9.50. The molecule has 126 valence electrons. The van der Waals surface area contributed by atoms with Crippen molar-refractivity contribution in [3.63, 3.8) is 0 Å². The molecule has 0 aliphatic heterocycles. The summed E-state index contributed by atoms with van der Waals surface area (Å²) in [4.78, 5) is 10.7. The van der Waals surface area contributed by atoms with E-state index < -0.39 is 0 Å². The zero-order chi connectivity index (χ0) is 16.4. The number of hydrogen-bond acceptors (Lipinski definition) is 6. The quantitative estimate of drug-likeness (QED) is 0.932. The number of tetrazole rings is 1. The van der Waals surface area contributed by atoms with Crippen LogP contribution in [0.15, 0.2) is 12.3 Å². The molecule has 0 amide bonds. The van der Waals surface area contributed by atoms with Crippen LogP contribution in [0.3, 0.4) is 0 Å². The molecule has 7 nitrogen and oxygen atoms in total. The predicted molar refractivity (Wildman–Crippen MR) is 88.3 cm³/mol. The van der Waals surface area contributed by atoms with Crippen LogP contribution in [0, 0.1) is 25.7 Å². The fraction of sp³-hybridized carbons (Fsp3) is 0.706. The van der Waals surface area contributed by atoms with E-state index in [4.69, 9.17) is 0 Å². The fourth-order valence-corrected chi connectivity index (χ4v) is 5.88. The van der Waals surface area contributed by atoms with E-state index in [1.54, 1.807) is 0 Å². The molecule has 2 aromatic rings. The number of rotatable bonds is 3. The first-order chi connectivity index (χ1) is 11.5. The summed E-state index contributed by atoms with van der Waals surface area (Å²) in [5.74, 6) is 4.01. The Morgan fingerprint density at radius 2 is 1.92 bits per heavy atom. The molecule has 2 unspecified atom stereocenters. The van der Waals surface area contributed by atoms with Gasteiger partial charge in [0.1, 0.15) is 11.6 Å². The number of aromatic nitrogens is 6. The Kier molecular flexibility index (Phi) is 2.82. The zero-order valence-corrected chi connectivity index (χ0v) is 14.2. The third-order valence-electron chi connectivity index (χ3n) is 6.14. The second-order valence-electron chi connectivity index (χ2n) is 8.21. The Balaban J connectivity index is 1.51. The highest BCUT2D eigenvalue weighted by Gasteiger charge is 2.59. The highest BCUT2D eigenvalue weighted by Crippen LogP contribution is 2.60. The molecule has 4 bridgehead atoms. The van der Waals surface area contributed by atoms with Gasteiger partial charge in [0.05, 0.1) is 5.54 Å². The van der Waals surface area contributed by atoms with Gasteiger partial charge in [-0.15, -0.1) is 10.2 Å². The molecule has 4 aliphatic carbocycles. The molecule has 1 N–H and O–H groups in total. The smallest absolute Gasteiger partial charge is 0.171 e. The Labute approximate surface area is 141 Å². The van der Waals surface area contributed by atoms with Crippen LogP contribution in [0.5, 0.6) is 0 Å². The van der Waals surface area contributed by atoms with E-state index in [1.165, 1.54) is 32.1 Å². The average molecular weight is 325 g/mol. The van der Waals surface area contributed by atoms with Crippen molar-refractivity contribution in [1.29, 1.82) is 0 Å². The molecule has 4 aliphatic rings. The van der Waals surface area contributed by atoms with Gasteiger partial charge < -0.3 is 5.32 Å². The van der Waals surface area contributed by atoms with Crippen molar-refractivity contribution in [2.75, 3.05) is 5.32 Å². The van der Waals surface area contributed by atoms with Gasteiger partial charge in [-0.25, -0.2) is 9.97 Å². The van der Waals surface area contributed by atoms with Crippen molar-refractivity contribution < 1.29 is 0 Å². The van der Waals surface area contributed by atoms with Gasteiger partial charge in [0.2, 0.25) is 0 Å². The van der Waals surface area contributed by atoms with Crippen molar-refractivity contribution in [3.05, 3.63) is 23.9 Å². The first-order valence-corrected chi connectivity index (χ1v) is 8.89. The van der Waals surface area contributed by atoms with Crippen LogP contribution in [0.2, 0.25) is 0 Å². The maximum Gasteiger partial charge on any atom is 0.171 e. The van der Waals surface area contributed by atoms with Gasteiger partial charge in [0.25, 0.3) is 0 Å². The van der Waals surface area contributed by atoms with Crippen LogP contribution >= 0.6 is 0 Å². The molecule has 4 fully saturated rings. The molecule has 4 saturated carbocycles. The second-order valence-corrected chi connectivity index (χ2v) is 8.21. The first kappa shape index (κ1) is 14.3. The number of anilines is 1. The molecule has 2 heterocycles. The molecule has 0 aromatic carbocycles. The molecular weight excluding hydrogens is 302 g/mol. The maximum atomic E-state index is 4.59. The van der Waals surface area contributed by atoms with Gasteiger partial charge in [0.15, 0.2) is 5.82 Å². The Morgan fingerprint density at radius 1 is 1.12 bits per heavy atom. The minimum absolute atomic E-state index is 0.0282. The summed E-state index contributed by atoms with van der Waals surface area (Å²) in [6, 6.07) is 1.98. The second kappa shape index (κ2) is 4.74. The van der Waals surface area contributed by atoms with E-state index >= 15 is 0 Å². The SMILES string of the molecule is Cc1nccc(NC23CC4CC(C2)CC(n2nnc(C)n2)(C4)C3)n1. The van der Waals surface area contributed by atoms with E-state index in [-0.39, 0.29) is 11.1 Å². The van der Waals surface area contributed by atoms with Crippen LogP contribution in [-0.2, 0) is 5.54 Å². The zero-order valence-electron chi connectivity index (χ0n) is 14.2. The lowest BCUT2D eigenvalue weighted by Gasteiger charge is -2.61. The van der Waals surface area contributed by atoms with Gasteiger partial charge in [-0.1, -0.05) is 0 Å². The molecule has 0 spiro atoms. The third-order valence-corrected chi connectivity index (χ3v) is 6.14. The van der Waals surface area contributed by atoms with Crippen LogP contribution < -0.4 is 5.32 Å². The van der Waals surface area contributed by atoms with Gasteiger partial charge >= 0.3 is 0 Å². The van der Waals surface area contributed by atoms with Crippen molar-refractivity contribution >= 4 is 5.82 Å². The maximum absolute atomic E-state index is 4.59. The molecule has 2 aromatic heterocycles. The molecule has 24 heavy (non-hydrogen) atoms. The van der Waals surface area contributed by atoms with Crippen molar-refractivity contribution in [1.82, 2.24) is 30.2 Å². The van der Waals surface area contributed by atoms with Crippen molar-refractivity contribution in [3.8, 4) is 0 Å². The molecule has 0 saturated heterocycles.